The molecule has 2 aliphatic carbocycles. The van der Waals surface area contributed by atoms with Crippen molar-refractivity contribution in [1.29, 1.82) is 0 Å². The van der Waals surface area contributed by atoms with E-state index in [0.717, 1.165) is 17.6 Å². The SMILES string of the molecule is COC1=C(C(=O)c2ccccc2)C(=O)[C@@]2(CC=C(C)C)C(=O)[C@]1(CC=C(C)C)C[C@@H](CC=C(C)C)C2(C)C. The molecule has 0 heterocycles. The molecule has 2 aliphatic rings. The van der Waals surface area contributed by atoms with Crippen LogP contribution in [-0.4, -0.2) is 24.5 Å². The molecule has 0 aromatic heterocycles. The van der Waals surface area contributed by atoms with Gasteiger partial charge in [-0.15, -0.1) is 0 Å². The highest BCUT2D eigenvalue weighted by Gasteiger charge is 2.72. The molecule has 3 rings (SSSR count). The summed E-state index contributed by atoms with van der Waals surface area (Å²) in [6.07, 6.45) is 8.19. The van der Waals surface area contributed by atoms with Crippen LogP contribution < -0.4 is 0 Å². The number of hydrogen-bond donors (Lipinski definition) is 0. The predicted octanol–water partition coefficient (Wildman–Crippen LogP) is 8.01. The second-order valence-corrected chi connectivity index (χ2v) is 12.4. The molecule has 1 aromatic rings. The first-order valence-corrected chi connectivity index (χ1v) is 13.6. The summed E-state index contributed by atoms with van der Waals surface area (Å²) in [5.41, 5.74) is 0.626. The lowest BCUT2D eigenvalue weighted by atomic mass is 9.40. The number of carbonyl (C=O) groups excluding carboxylic acids is 3. The van der Waals surface area contributed by atoms with Crippen molar-refractivity contribution >= 4 is 17.3 Å². The fourth-order valence-electron chi connectivity index (χ4n) is 6.41. The zero-order valence-electron chi connectivity index (χ0n) is 24.7. The lowest BCUT2D eigenvalue weighted by Crippen LogP contribution is -2.67. The van der Waals surface area contributed by atoms with E-state index in [1.165, 1.54) is 12.7 Å². The highest BCUT2D eigenvalue weighted by atomic mass is 16.5. The van der Waals surface area contributed by atoms with E-state index in [0.29, 0.717) is 18.4 Å². The Bertz CT molecular complexity index is 1230. The van der Waals surface area contributed by atoms with Gasteiger partial charge in [-0.1, -0.05) is 79.1 Å². The van der Waals surface area contributed by atoms with Gasteiger partial charge in [0.2, 0.25) is 0 Å². The number of allylic oxidation sites excluding steroid dienone is 8. The molecule has 204 valence electrons. The van der Waals surface area contributed by atoms with Crippen LogP contribution in [0.2, 0.25) is 0 Å². The Kier molecular flexibility index (Phi) is 8.55. The van der Waals surface area contributed by atoms with E-state index in [1.807, 2.05) is 39.8 Å². The maximum Gasteiger partial charge on any atom is 0.200 e. The number of Topliss-reactive ketones (excluding diaryl/α,β-unsaturated/α-hetero) is 3. The molecule has 0 radical (unpaired) electrons. The van der Waals surface area contributed by atoms with Crippen LogP contribution in [0.5, 0.6) is 0 Å². The first-order chi connectivity index (χ1) is 17.8. The zero-order chi connectivity index (χ0) is 28.5. The van der Waals surface area contributed by atoms with Crippen LogP contribution in [0.4, 0.5) is 0 Å². The highest BCUT2D eigenvalue weighted by molar-refractivity contribution is 6.35. The van der Waals surface area contributed by atoms with Crippen molar-refractivity contribution in [3.63, 3.8) is 0 Å². The topological polar surface area (TPSA) is 60.4 Å². The molecule has 0 amide bonds. The minimum Gasteiger partial charge on any atom is -0.499 e. The van der Waals surface area contributed by atoms with Crippen molar-refractivity contribution in [3.05, 3.63) is 82.2 Å². The first-order valence-electron chi connectivity index (χ1n) is 13.6. The summed E-state index contributed by atoms with van der Waals surface area (Å²) in [7, 11) is 1.49. The minimum atomic E-state index is -1.38. The summed E-state index contributed by atoms with van der Waals surface area (Å²) >= 11 is 0. The molecule has 0 N–H and O–H groups in total. The number of methoxy groups -OCH3 is 1. The number of ketones is 3. The number of hydrogen-bond acceptors (Lipinski definition) is 4. The molecule has 3 atom stereocenters. The molecule has 4 heteroatoms. The standard InChI is InChI=1S/C34H44O4/c1-22(2)15-16-26-21-33(19-17-23(3)4)30(38-9)27(28(35)25-13-11-10-12-14-25)29(36)34(31(33)37,32(26,7)8)20-18-24(5)6/h10-15,17-18,26H,16,19-21H2,1-9H3/t26-,33-,34+/m1/s1. The van der Waals surface area contributed by atoms with Gasteiger partial charge < -0.3 is 4.74 Å². The third-order valence-corrected chi connectivity index (χ3v) is 8.77. The van der Waals surface area contributed by atoms with Crippen molar-refractivity contribution < 1.29 is 19.1 Å². The van der Waals surface area contributed by atoms with Gasteiger partial charge in [0.15, 0.2) is 17.3 Å². The fourth-order valence-corrected chi connectivity index (χ4v) is 6.41. The molecule has 1 aromatic carbocycles. The van der Waals surface area contributed by atoms with Gasteiger partial charge >= 0.3 is 0 Å². The molecular weight excluding hydrogens is 472 g/mol. The van der Waals surface area contributed by atoms with Gasteiger partial charge in [-0.3, -0.25) is 14.4 Å². The molecule has 4 nitrogen and oxygen atoms in total. The molecule has 1 saturated carbocycles. The fraction of sp³-hybridized carbons (Fsp3) is 0.500. The summed E-state index contributed by atoms with van der Waals surface area (Å²) in [6, 6.07) is 8.85. The molecule has 2 bridgehead atoms. The monoisotopic (exact) mass is 516 g/mol. The number of rotatable bonds is 9. The minimum absolute atomic E-state index is 0.0358. The van der Waals surface area contributed by atoms with Crippen LogP contribution in [0.25, 0.3) is 0 Å². The second-order valence-electron chi connectivity index (χ2n) is 12.4. The average molecular weight is 517 g/mol. The van der Waals surface area contributed by atoms with Crippen molar-refractivity contribution in [1.82, 2.24) is 0 Å². The quantitative estimate of drug-likeness (QED) is 0.144. The largest absolute Gasteiger partial charge is 0.499 e. The summed E-state index contributed by atoms with van der Waals surface area (Å²) in [5, 5.41) is 0. The predicted molar refractivity (Wildman–Crippen MR) is 154 cm³/mol. The summed E-state index contributed by atoms with van der Waals surface area (Å²) in [6.45, 7) is 16.2. The van der Waals surface area contributed by atoms with E-state index in [2.05, 4.69) is 39.8 Å². The maximum atomic E-state index is 14.9. The number of carbonyl (C=O) groups is 3. The lowest BCUT2D eigenvalue weighted by molar-refractivity contribution is -0.171. The summed E-state index contributed by atoms with van der Waals surface area (Å²) in [5.74, 6) is -0.602. The smallest absolute Gasteiger partial charge is 0.200 e. The van der Waals surface area contributed by atoms with E-state index < -0.39 is 22.0 Å². The van der Waals surface area contributed by atoms with Crippen LogP contribution in [0.15, 0.2) is 76.6 Å². The van der Waals surface area contributed by atoms with Gasteiger partial charge in [0, 0.05) is 5.56 Å². The Hall–Kier alpha value is -3.01. The van der Waals surface area contributed by atoms with Crippen molar-refractivity contribution in [2.75, 3.05) is 7.11 Å². The Morgan fingerprint density at radius 1 is 0.895 bits per heavy atom. The van der Waals surface area contributed by atoms with Gasteiger partial charge in [-0.2, -0.15) is 0 Å². The average Bonchev–Trinajstić information content (AvgIpc) is 2.85. The summed E-state index contributed by atoms with van der Waals surface area (Å²) in [4.78, 5) is 43.8. The Labute approximate surface area is 228 Å². The van der Waals surface area contributed by atoms with Crippen LogP contribution in [0.1, 0.15) is 91.4 Å². The lowest BCUT2D eigenvalue weighted by Gasteiger charge is -2.60. The number of fused-ring (bicyclic) bond motifs is 2. The number of ether oxygens (including phenoxy) is 1. The molecular formula is C34H44O4. The molecule has 0 saturated heterocycles. The van der Waals surface area contributed by atoms with E-state index in [9.17, 15) is 14.4 Å². The third-order valence-electron chi connectivity index (χ3n) is 8.77. The van der Waals surface area contributed by atoms with Gasteiger partial charge in [0.1, 0.15) is 16.7 Å². The van der Waals surface area contributed by atoms with Crippen LogP contribution in [0.3, 0.4) is 0 Å². The Balaban J connectivity index is 2.46. The van der Waals surface area contributed by atoms with E-state index in [-0.39, 0.29) is 35.2 Å². The van der Waals surface area contributed by atoms with Gasteiger partial charge in [-0.05, 0) is 78.6 Å². The molecule has 1 fully saturated rings. The van der Waals surface area contributed by atoms with Gasteiger partial charge in [-0.25, -0.2) is 0 Å². The zero-order valence-corrected chi connectivity index (χ0v) is 24.7. The van der Waals surface area contributed by atoms with E-state index >= 15 is 0 Å². The molecule has 0 aliphatic heterocycles. The Morgan fingerprint density at radius 2 is 1.45 bits per heavy atom. The van der Waals surface area contributed by atoms with E-state index in [4.69, 9.17) is 4.74 Å². The van der Waals surface area contributed by atoms with Gasteiger partial charge in [0.05, 0.1) is 12.5 Å². The molecule has 0 spiro atoms. The van der Waals surface area contributed by atoms with Crippen LogP contribution in [0, 0.1) is 22.2 Å². The van der Waals surface area contributed by atoms with Gasteiger partial charge in [0.25, 0.3) is 0 Å². The molecule has 0 unspecified atom stereocenters. The highest BCUT2D eigenvalue weighted by Crippen LogP contribution is 2.66. The Morgan fingerprint density at radius 3 is 1.97 bits per heavy atom. The first kappa shape index (κ1) is 29.5. The molecule has 38 heavy (non-hydrogen) atoms. The number of benzene rings is 1. The summed E-state index contributed by atoms with van der Waals surface area (Å²) < 4.78 is 5.98. The van der Waals surface area contributed by atoms with E-state index in [1.54, 1.807) is 24.3 Å². The van der Waals surface area contributed by atoms with Crippen molar-refractivity contribution in [2.45, 2.75) is 81.1 Å². The van der Waals surface area contributed by atoms with Crippen molar-refractivity contribution in [2.24, 2.45) is 22.2 Å². The van der Waals surface area contributed by atoms with Crippen LogP contribution in [-0.2, 0) is 14.3 Å². The van der Waals surface area contributed by atoms with Crippen molar-refractivity contribution in [3.8, 4) is 0 Å². The normalized spacial score (nSPS) is 26.0. The maximum absolute atomic E-state index is 14.9. The second kappa shape index (κ2) is 11.0. The van der Waals surface area contributed by atoms with Crippen LogP contribution >= 0.6 is 0 Å². The third kappa shape index (κ3) is 4.79.